The Balaban J connectivity index is 1.89. The zero-order valence-corrected chi connectivity index (χ0v) is 12.8. The Kier molecular flexibility index (Phi) is 5.26. The standard InChI is InChI=1S/C16H26N2O2/c1-17(2)11-13-6-8-18(9-7-13)12-14-10-15(20-3)4-5-16(14)19/h4-5,10,13,19H,6-9,11-12H2,1-3H3. The Morgan fingerprint density at radius 1 is 1.30 bits per heavy atom. The Labute approximate surface area is 122 Å². The first-order valence-electron chi connectivity index (χ1n) is 7.31. The monoisotopic (exact) mass is 278 g/mol. The van der Waals surface area contributed by atoms with Gasteiger partial charge in [-0.2, -0.15) is 0 Å². The molecule has 1 aliphatic rings. The van der Waals surface area contributed by atoms with Crippen LogP contribution in [0.3, 0.4) is 0 Å². The lowest BCUT2D eigenvalue weighted by Gasteiger charge is -2.33. The van der Waals surface area contributed by atoms with Gasteiger partial charge in [0.15, 0.2) is 0 Å². The van der Waals surface area contributed by atoms with Crippen molar-refractivity contribution < 1.29 is 9.84 Å². The van der Waals surface area contributed by atoms with Crippen molar-refractivity contribution in [3.05, 3.63) is 23.8 Å². The van der Waals surface area contributed by atoms with Gasteiger partial charge in [0.05, 0.1) is 7.11 Å². The number of hydrogen-bond donors (Lipinski definition) is 1. The Hall–Kier alpha value is -1.26. The number of benzene rings is 1. The predicted octanol–water partition coefficient (Wildman–Crippen LogP) is 2.17. The molecule has 0 amide bonds. The van der Waals surface area contributed by atoms with Gasteiger partial charge >= 0.3 is 0 Å². The summed E-state index contributed by atoms with van der Waals surface area (Å²) in [6, 6.07) is 5.44. The number of piperidine rings is 1. The first-order chi connectivity index (χ1) is 9.58. The molecule has 112 valence electrons. The minimum Gasteiger partial charge on any atom is -0.508 e. The smallest absolute Gasteiger partial charge is 0.120 e. The normalized spacial score (nSPS) is 17.6. The van der Waals surface area contributed by atoms with Gasteiger partial charge in [0.2, 0.25) is 0 Å². The van der Waals surface area contributed by atoms with Crippen LogP contribution in [-0.2, 0) is 6.54 Å². The van der Waals surface area contributed by atoms with E-state index >= 15 is 0 Å². The molecule has 0 radical (unpaired) electrons. The Morgan fingerprint density at radius 2 is 2.00 bits per heavy atom. The van der Waals surface area contributed by atoms with Gasteiger partial charge < -0.3 is 14.7 Å². The summed E-state index contributed by atoms with van der Waals surface area (Å²) in [6.07, 6.45) is 2.48. The number of methoxy groups -OCH3 is 1. The molecule has 0 saturated carbocycles. The number of ether oxygens (including phenoxy) is 1. The summed E-state index contributed by atoms with van der Waals surface area (Å²) in [5, 5.41) is 9.94. The van der Waals surface area contributed by atoms with Crippen LogP contribution in [0.2, 0.25) is 0 Å². The van der Waals surface area contributed by atoms with Crippen molar-refractivity contribution in [2.24, 2.45) is 5.92 Å². The topological polar surface area (TPSA) is 35.9 Å². The van der Waals surface area contributed by atoms with E-state index in [0.717, 1.165) is 36.9 Å². The molecule has 20 heavy (non-hydrogen) atoms. The molecule has 1 aromatic rings. The van der Waals surface area contributed by atoms with Crippen LogP contribution < -0.4 is 4.74 Å². The molecule has 1 aliphatic heterocycles. The first-order valence-corrected chi connectivity index (χ1v) is 7.31. The van der Waals surface area contributed by atoms with Gasteiger partial charge in [0.25, 0.3) is 0 Å². The van der Waals surface area contributed by atoms with E-state index in [9.17, 15) is 5.11 Å². The highest BCUT2D eigenvalue weighted by Crippen LogP contribution is 2.26. The number of likely N-dealkylation sites (tertiary alicyclic amines) is 1. The number of phenolic OH excluding ortho intramolecular Hbond substituents is 1. The van der Waals surface area contributed by atoms with E-state index in [1.165, 1.54) is 19.4 Å². The molecular weight excluding hydrogens is 252 g/mol. The number of hydrogen-bond acceptors (Lipinski definition) is 4. The van der Waals surface area contributed by atoms with E-state index in [1.807, 2.05) is 6.07 Å². The molecule has 0 aliphatic carbocycles. The van der Waals surface area contributed by atoms with E-state index in [4.69, 9.17) is 4.74 Å². The SMILES string of the molecule is COc1ccc(O)c(CN2CCC(CN(C)C)CC2)c1. The quantitative estimate of drug-likeness (QED) is 0.895. The van der Waals surface area contributed by atoms with Crippen molar-refractivity contribution in [1.82, 2.24) is 9.80 Å². The fraction of sp³-hybridized carbons (Fsp3) is 0.625. The molecule has 4 nitrogen and oxygen atoms in total. The van der Waals surface area contributed by atoms with Gasteiger partial charge in [0.1, 0.15) is 11.5 Å². The lowest BCUT2D eigenvalue weighted by Crippen LogP contribution is -2.36. The van der Waals surface area contributed by atoms with E-state index in [-0.39, 0.29) is 0 Å². The van der Waals surface area contributed by atoms with Crippen LogP contribution in [0.5, 0.6) is 11.5 Å². The van der Waals surface area contributed by atoms with Crippen LogP contribution in [-0.4, -0.2) is 55.7 Å². The summed E-state index contributed by atoms with van der Waals surface area (Å²) >= 11 is 0. The van der Waals surface area contributed by atoms with E-state index < -0.39 is 0 Å². The van der Waals surface area contributed by atoms with Crippen LogP contribution in [0, 0.1) is 5.92 Å². The maximum atomic E-state index is 9.94. The second-order valence-electron chi connectivity index (χ2n) is 5.98. The van der Waals surface area contributed by atoms with Crippen LogP contribution in [0.15, 0.2) is 18.2 Å². The second-order valence-corrected chi connectivity index (χ2v) is 5.98. The van der Waals surface area contributed by atoms with Crippen LogP contribution in [0.25, 0.3) is 0 Å². The molecule has 0 aromatic heterocycles. The summed E-state index contributed by atoms with van der Waals surface area (Å²) in [4.78, 5) is 4.69. The highest BCUT2D eigenvalue weighted by atomic mass is 16.5. The summed E-state index contributed by atoms with van der Waals surface area (Å²) in [6.45, 7) is 4.19. The third kappa shape index (κ3) is 4.12. The summed E-state index contributed by atoms with van der Waals surface area (Å²) < 4.78 is 5.22. The zero-order chi connectivity index (χ0) is 14.5. The van der Waals surface area contributed by atoms with Crippen molar-refractivity contribution in [3.8, 4) is 11.5 Å². The Morgan fingerprint density at radius 3 is 2.60 bits per heavy atom. The third-order valence-electron chi connectivity index (χ3n) is 4.01. The fourth-order valence-electron chi connectivity index (χ4n) is 2.90. The molecule has 1 heterocycles. The van der Waals surface area contributed by atoms with Crippen molar-refractivity contribution in [1.29, 1.82) is 0 Å². The molecule has 1 saturated heterocycles. The third-order valence-corrected chi connectivity index (χ3v) is 4.01. The van der Waals surface area contributed by atoms with Gasteiger partial charge in [-0.15, -0.1) is 0 Å². The highest BCUT2D eigenvalue weighted by molar-refractivity contribution is 5.39. The minimum absolute atomic E-state index is 0.362. The number of phenols is 1. The largest absolute Gasteiger partial charge is 0.508 e. The maximum absolute atomic E-state index is 9.94. The van der Waals surface area contributed by atoms with Gasteiger partial charge in [-0.3, -0.25) is 4.90 Å². The van der Waals surface area contributed by atoms with Crippen molar-refractivity contribution in [3.63, 3.8) is 0 Å². The molecule has 0 spiro atoms. The number of aromatic hydroxyl groups is 1. The average Bonchev–Trinajstić information content (AvgIpc) is 2.43. The second kappa shape index (κ2) is 6.95. The lowest BCUT2D eigenvalue weighted by molar-refractivity contribution is 0.156. The molecule has 2 rings (SSSR count). The van der Waals surface area contributed by atoms with Gasteiger partial charge in [-0.05, 0) is 64.1 Å². The van der Waals surface area contributed by atoms with Crippen LogP contribution in [0.4, 0.5) is 0 Å². The molecule has 1 fully saturated rings. The Bertz CT molecular complexity index is 426. The molecular formula is C16H26N2O2. The summed E-state index contributed by atoms with van der Waals surface area (Å²) in [5.41, 5.74) is 0.954. The minimum atomic E-state index is 0.362. The van der Waals surface area contributed by atoms with Crippen molar-refractivity contribution in [2.45, 2.75) is 19.4 Å². The van der Waals surface area contributed by atoms with E-state index in [0.29, 0.717) is 5.75 Å². The number of nitrogens with zero attached hydrogens (tertiary/aromatic N) is 2. The first kappa shape index (κ1) is 15.1. The van der Waals surface area contributed by atoms with Gasteiger partial charge in [-0.1, -0.05) is 0 Å². The molecule has 0 bridgehead atoms. The summed E-state index contributed by atoms with van der Waals surface area (Å²) in [5.74, 6) is 1.97. The molecule has 0 atom stereocenters. The predicted molar refractivity (Wildman–Crippen MR) is 81.2 cm³/mol. The van der Waals surface area contributed by atoms with Crippen molar-refractivity contribution in [2.75, 3.05) is 40.8 Å². The maximum Gasteiger partial charge on any atom is 0.120 e. The summed E-state index contributed by atoms with van der Waals surface area (Å²) in [7, 11) is 5.93. The highest BCUT2D eigenvalue weighted by Gasteiger charge is 2.20. The fourth-order valence-corrected chi connectivity index (χ4v) is 2.90. The van der Waals surface area contributed by atoms with Gasteiger partial charge in [-0.25, -0.2) is 0 Å². The molecule has 0 unspecified atom stereocenters. The number of rotatable bonds is 5. The zero-order valence-electron chi connectivity index (χ0n) is 12.8. The molecule has 1 N–H and O–H groups in total. The lowest BCUT2D eigenvalue weighted by atomic mass is 9.96. The van der Waals surface area contributed by atoms with E-state index in [1.54, 1.807) is 19.2 Å². The molecule has 1 aromatic carbocycles. The van der Waals surface area contributed by atoms with Crippen LogP contribution >= 0.6 is 0 Å². The van der Waals surface area contributed by atoms with E-state index in [2.05, 4.69) is 23.9 Å². The average molecular weight is 278 g/mol. The molecule has 4 heteroatoms. The van der Waals surface area contributed by atoms with Gasteiger partial charge in [0, 0.05) is 18.7 Å². The van der Waals surface area contributed by atoms with Crippen molar-refractivity contribution >= 4 is 0 Å². The van der Waals surface area contributed by atoms with Crippen LogP contribution in [0.1, 0.15) is 18.4 Å².